The molecule has 0 aromatic rings. The number of ketones is 1. The molecule has 2 atom stereocenters. The van der Waals surface area contributed by atoms with Crippen molar-refractivity contribution in [1.29, 1.82) is 0 Å². The van der Waals surface area contributed by atoms with Crippen molar-refractivity contribution in [2.75, 3.05) is 13.6 Å². The maximum absolute atomic E-state index is 11.7. The maximum Gasteiger partial charge on any atom is 0.183 e. The van der Waals surface area contributed by atoms with Gasteiger partial charge in [0.25, 0.3) is 0 Å². The Morgan fingerprint density at radius 3 is 2.33 bits per heavy atom. The molecule has 2 fully saturated rings. The van der Waals surface area contributed by atoms with Crippen molar-refractivity contribution in [2.45, 2.75) is 48.0 Å². The van der Waals surface area contributed by atoms with Crippen LogP contribution in [0.1, 0.15) is 48.0 Å². The van der Waals surface area contributed by atoms with E-state index in [1.54, 1.807) is 0 Å². The lowest BCUT2D eigenvalue weighted by atomic mass is 9.83. The van der Waals surface area contributed by atoms with Gasteiger partial charge >= 0.3 is 0 Å². The molecule has 1 saturated heterocycles. The standard InChI is InChI=1S/C12H15NO.2C2H6/c1-7-8(2)12-5-9(12)6-13(3)11(12)4-10(7)14;2*1-2/h4,9H,5-6H2,1-3H3;2*1-2H3. The highest BCUT2D eigenvalue weighted by Crippen LogP contribution is 2.68. The Labute approximate surface area is 112 Å². The first-order valence-corrected chi connectivity index (χ1v) is 7.23. The average Bonchev–Trinajstić information content (AvgIpc) is 3.04. The van der Waals surface area contributed by atoms with Gasteiger partial charge in [-0.1, -0.05) is 33.3 Å². The van der Waals surface area contributed by atoms with Crippen LogP contribution in [0, 0.1) is 11.3 Å². The third kappa shape index (κ3) is 1.82. The summed E-state index contributed by atoms with van der Waals surface area (Å²) in [4.78, 5) is 13.9. The molecule has 2 unspecified atom stereocenters. The second-order valence-corrected chi connectivity index (χ2v) is 4.90. The summed E-state index contributed by atoms with van der Waals surface area (Å²) in [5, 5.41) is 0. The van der Waals surface area contributed by atoms with Crippen LogP contribution in [0.15, 0.2) is 22.9 Å². The number of piperidine rings is 1. The summed E-state index contributed by atoms with van der Waals surface area (Å²) in [7, 11) is 2.10. The zero-order chi connectivity index (χ0) is 14.1. The molecule has 1 spiro atoms. The molecule has 1 heterocycles. The van der Waals surface area contributed by atoms with Crippen LogP contribution >= 0.6 is 0 Å². The monoisotopic (exact) mass is 249 g/mol. The minimum Gasteiger partial charge on any atom is -0.377 e. The maximum atomic E-state index is 11.7. The van der Waals surface area contributed by atoms with Crippen molar-refractivity contribution in [3.8, 4) is 0 Å². The van der Waals surface area contributed by atoms with Gasteiger partial charge in [0.15, 0.2) is 5.78 Å². The normalized spacial score (nSPS) is 31.5. The number of carbonyl (C=O) groups excluding carboxylic acids is 1. The van der Waals surface area contributed by atoms with Crippen LogP contribution in [0.3, 0.4) is 0 Å². The van der Waals surface area contributed by atoms with Crippen LogP contribution in [0.4, 0.5) is 0 Å². The lowest BCUT2D eigenvalue weighted by Crippen LogP contribution is -2.24. The molecular weight excluding hydrogens is 222 g/mol. The molecule has 3 aliphatic rings. The molecule has 0 amide bonds. The lowest BCUT2D eigenvalue weighted by molar-refractivity contribution is -0.111. The summed E-state index contributed by atoms with van der Waals surface area (Å²) in [6.45, 7) is 13.2. The van der Waals surface area contributed by atoms with Gasteiger partial charge in [0.1, 0.15) is 0 Å². The topological polar surface area (TPSA) is 20.3 Å². The molecule has 0 aromatic heterocycles. The Morgan fingerprint density at radius 2 is 1.78 bits per heavy atom. The fourth-order valence-electron chi connectivity index (χ4n) is 3.28. The van der Waals surface area contributed by atoms with Crippen LogP contribution in [0.25, 0.3) is 0 Å². The molecule has 0 radical (unpaired) electrons. The summed E-state index contributed by atoms with van der Waals surface area (Å²) in [5.41, 5.74) is 3.86. The first kappa shape index (κ1) is 15.0. The zero-order valence-electron chi connectivity index (χ0n) is 12.9. The van der Waals surface area contributed by atoms with Crippen LogP contribution in [-0.4, -0.2) is 24.3 Å². The van der Waals surface area contributed by atoms with Crippen LogP contribution in [0.5, 0.6) is 0 Å². The predicted octanol–water partition coefficient (Wildman–Crippen LogP) is 3.79. The molecule has 2 heteroatoms. The minimum absolute atomic E-state index is 0.211. The molecule has 0 bridgehead atoms. The first-order chi connectivity index (χ1) is 8.57. The van der Waals surface area contributed by atoms with Crippen LogP contribution in [-0.2, 0) is 4.79 Å². The van der Waals surface area contributed by atoms with E-state index in [1.165, 1.54) is 17.7 Å². The van der Waals surface area contributed by atoms with E-state index in [-0.39, 0.29) is 11.2 Å². The Morgan fingerprint density at radius 1 is 1.22 bits per heavy atom. The zero-order valence-corrected chi connectivity index (χ0v) is 12.9. The number of nitrogens with zero attached hydrogens (tertiary/aromatic N) is 1. The first-order valence-electron chi connectivity index (χ1n) is 7.23. The summed E-state index contributed by atoms with van der Waals surface area (Å²) < 4.78 is 0. The van der Waals surface area contributed by atoms with E-state index in [9.17, 15) is 4.79 Å². The Balaban J connectivity index is 0.000000371. The molecule has 18 heavy (non-hydrogen) atoms. The summed E-state index contributed by atoms with van der Waals surface area (Å²) in [5.74, 6) is 0.990. The van der Waals surface area contributed by atoms with E-state index < -0.39 is 0 Å². The van der Waals surface area contributed by atoms with Gasteiger partial charge in [-0.05, 0) is 31.8 Å². The molecule has 0 N–H and O–H groups in total. The van der Waals surface area contributed by atoms with Gasteiger partial charge in [-0.3, -0.25) is 4.79 Å². The molecule has 2 aliphatic carbocycles. The molecule has 0 aromatic carbocycles. The fourth-order valence-corrected chi connectivity index (χ4v) is 3.28. The van der Waals surface area contributed by atoms with E-state index in [4.69, 9.17) is 0 Å². The van der Waals surface area contributed by atoms with Crippen molar-refractivity contribution in [3.63, 3.8) is 0 Å². The second-order valence-electron chi connectivity index (χ2n) is 4.90. The molecule has 3 rings (SSSR count). The molecule has 102 valence electrons. The van der Waals surface area contributed by atoms with Gasteiger partial charge < -0.3 is 4.90 Å². The van der Waals surface area contributed by atoms with E-state index in [1.807, 2.05) is 40.7 Å². The largest absolute Gasteiger partial charge is 0.377 e. The third-order valence-electron chi connectivity index (χ3n) is 4.34. The van der Waals surface area contributed by atoms with Crippen molar-refractivity contribution in [1.82, 2.24) is 4.90 Å². The summed E-state index contributed by atoms with van der Waals surface area (Å²) in [6.07, 6.45) is 3.12. The van der Waals surface area contributed by atoms with E-state index >= 15 is 0 Å². The van der Waals surface area contributed by atoms with Gasteiger partial charge in [-0.15, -0.1) is 0 Å². The van der Waals surface area contributed by atoms with Crippen molar-refractivity contribution in [2.24, 2.45) is 11.3 Å². The SMILES string of the molecule is CC.CC.CC1=C(C)C23CC2CN(C)C3=CC1=O. The van der Waals surface area contributed by atoms with Crippen molar-refractivity contribution >= 4 is 5.78 Å². The number of carbonyl (C=O) groups is 1. The minimum atomic E-state index is 0.211. The molecule has 1 aliphatic heterocycles. The summed E-state index contributed by atoms with van der Waals surface area (Å²) >= 11 is 0. The van der Waals surface area contributed by atoms with E-state index in [2.05, 4.69) is 18.9 Å². The van der Waals surface area contributed by atoms with Crippen molar-refractivity contribution < 1.29 is 4.79 Å². The van der Waals surface area contributed by atoms with E-state index in [0.29, 0.717) is 0 Å². The van der Waals surface area contributed by atoms with Gasteiger partial charge in [-0.2, -0.15) is 0 Å². The number of hydrogen-bond donors (Lipinski definition) is 0. The molecule has 2 nitrogen and oxygen atoms in total. The van der Waals surface area contributed by atoms with Gasteiger partial charge in [0.05, 0.1) is 0 Å². The highest BCUT2D eigenvalue weighted by Gasteiger charge is 2.64. The number of rotatable bonds is 0. The predicted molar refractivity (Wildman–Crippen MR) is 77.3 cm³/mol. The Hall–Kier alpha value is -1.05. The smallest absolute Gasteiger partial charge is 0.183 e. The molecular formula is C16H27NO. The highest BCUT2D eigenvalue weighted by molar-refractivity contribution is 6.06. The van der Waals surface area contributed by atoms with Crippen LogP contribution < -0.4 is 0 Å². The number of likely N-dealkylation sites (tertiary alicyclic amines) is 1. The van der Waals surface area contributed by atoms with Gasteiger partial charge in [0, 0.05) is 30.8 Å². The highest BCUT2D eigenvalue weighted by atomic mass is 16.1. The van der Waals surface area contributed by atoms with Crippen LogP contribution in [0.2, 0.25) is 0 Å². The number of hydrogen-bond acceptors (Lipinski definition) is 2. The van der Waals surface area contributed by atoms with Gasteiger partial charge in [0.2, 0.25) is 0 Å². The quantitative estimate of drug-likeness (QED) is 0.651. The average molecular weight is 249 g/mol. The third-order valence-corrected chi connectivity index (χ3v) is 4.34. The van der Waals surface area contributed by atoms with Crippen molar-refractivity contribution in [3.05, 3.63) is 22.9 Å². The Bertz CT molecular complexity index is 405. The second kappa shape index (κ2) is 5.29. The summed E-state index contributed by atoms with van der Waals surface area (Å²) in [6, 6.07) is 0. The Kier molecular flexibility index (Phi) is 4.41. The fraction of sp³-hybridized carbons (Fsp3) is 0.688. The molecule has 1 saturated carbocycles. The van der Waals surface area contributed by atoms with E-state index in [0.717, 1.165) is 18.0 Å². The lowest BCUT2D eigenvalue weighted by Gasteiger charge is -2.27. The van der Waals surface area contributed by atoms with Gasteiger partial charge in [-0.25, -0.2) is 0 Å². The number of allylic oxidation sites excluding steroid dienone is 3.